The molecule has 0 saturated carbocycles. The maximum atomic E-state index is 13.4. The van der Waals surface area contributed by atoms with Gasteiger partial charge in [0.05, 0.1) is 35.8 Å². The highest BCUT2D eigenvalue weighted by molar-refractivity contribution is 7.89. The lowest BCUT2D eigenvalue weighted by Crippen LogP contribution is -2.40. The number of aromatic nitrogens is 1. The highest BCUT2D eigenvalue weighted by Crippen LogP contribution is 2.24. The average Bonchev–Trinajstić information content (AvgIpc) is 3.33. The third kappa shape index (κ3) is 4.92. The number of hydrogen-bond donors (Lipinski definition) is 0. The van der Waals surface area contributed by atoms with Crippen molar-refractivity contribution >= 4 is 20.0 Å². The Morgan fingerprint density at radius 2 is 1.62 bits per heavy atom. The van der Waals surface area contributed by atoms with E-state index in [1.807, 2.05) is 0 Å². The standard InChI is InChI=1S/C21H23N3O6S2/c25-31(26,23-10-13-29-14-11-23)20-5-7-21(8-6-20)32(27,28)24(17-19-4-2-12-30-19)16-18-3-1-9-22-15-18/h1-9,12,15H,10-11,13-14,16-17H2. The minimum atomic E-state index is -3.95. The molecular weight excluding hydrogens is 454 g/mol. The van der Waals surface area contributed by atoms with Crippen LogP contribution < -0.4 is 0 Å². The van der Waals surface area contributed by atoms with Gasteiger partial charge in [0.2, 0.25) is 20.0 Å². The summed E-state index contributed by atoms with van der Waals surface area (Å²) < 4.78 is 65.6. The van der Waals surface area contributed by atoms with E-state index in [0.717, 1.165) is 0 Å². The van der Waals surface area contributed by atoms with Crippen LogP contribution in [0, 0.1) is 0 Å². The lowest BCUT2D eigenvalue weighted by atomic mass is 10.3. The molecule has 0 spiro atoms. The first-order chi connectivity index (χ1) is 15.4. The van der Waals surface area contributed by atoms with Gasteiger partial charge in [-0.05, 0) is 48.0 Å². The van der Waals surface area contributed by atoms with Crippen molar-refractivity contribution in [2.24, 2.45) is 0 Å². The van der Waals surface area contributed by atoms with Crippen LogP contribution in [0.25, 0.3) is 0 Å². The fourth-order valence-electron chi connectivity index (χ4n) is 3.37. The summed E-state index contributed by atoms with van der Waals surface area (Å²) >= 11 is 0. The maximum Gasteiger partial charge on any atom is 0.243 e. The predicted octanol–water partition coefficient (Wildman–Crippen LogP) is 2.09. The minimum Gasteiger partial charge on any atom is -0.468 e. The Bertz CT molecular complexity index is 1220. The lowest BCUT2D eigenvalue weighted by molar-refractivity contribution is 0.0730. The smallest absolute Gasteiger partial charge is 0.243 e. The molecule has 3 aromatic rings. The monoisotopic (exact) mass is 477 g/mol. The Morgan fingerprint density at radius 3 is 2.25 bits per heavy atom. The number of ether oxygens (including phenoxy) is 1. The van der Waals surface area contributed by atoms with Crippen molar-refractivity contribution in [1.82, 2.24) is 13.6 Å². The van der Waals surface area contributed by atoms with Gasteiger partial charge in [-0.25, -0.2) is 16.8 Å². The highest BCUT2D eigenvalue weighted by Gasteiger charge is 2.29. The van der Waals surface area contributed by atoms with E-state index >= 15 is 0 Å². The average molecular weight is 478 g/mol. The molecule has 4 rings (SSSR count). The lowest BCUT2D eigenvalue weighted by Gasteiger charge is -2.26. The molecule has 0 bridgehead atoms. The molecule has 0 N–H and O–H groups in total. The number of sulfonamides is 2. The molecule has 3 heterocycles. The first kappa shape index (κ1) is 22.6. The van der Waals surface area contributed by atoms with Crippen molar-refractivity contribution in [2.75, 3.05) is 26.3 Å². The van der Waals surface area contributed by atoms with Gasteiger partial charge in [0.1, 0.15) is 5.76 Å². The summed E-state index contributed by atoms with van der Waals surface area (Å²) in [7, 11) is -7.66. The Kier molecular flexibility index (Phi) is 6.72. The van der Waals surface area contributed by atoms with Crippen molar-refractivity contribution in [1.29, 1.82) is 0 Å². The molecule has 170 valence electrons. The summed E-state index contributed by atoms with van der Waals surface area (Å²) in [5.41, 5.74) is 0.717. The van der Waals surface area contributed by atoms with Crippen LogP contribution in [0.3, 0.4) is 0 Å². The van der Waals surface area contributed by atoms with Gasteiger partial charge in [0, 0.05) is 32.0 Å². The Morgan fingerprint density at radius 1 is 0.906 bits per heavy atom. The fraction of sp³-hybridized carbons (Fsp3) is 0.286. The molecule has 32 heavy (non-hydrogen) atoms. The molecule has 2 aromatic heterocycles. The summed E-state index contributed by atoms with van der Waals surface area (Å²) in [4.78, 5) is 4.09. The number of benzene rings is 1. The zero-order chi connectivity index (χ0) is 22.6. The summed E-state index contributed by atoms with van der Waals surface area (Å²) in [6.45, 7) is 1.32. The summed E-state index contributed by atoms with van der Waals surface area (Å²) in [5, 5.41) is 0. The van der Waals surface area contributed by atoms with E-state index in [1.54, 1.807) is 36.7 Å². The first-order valence-electron chi connectivity index (χ1n) is 9.97. The molecule has 1 fully saturated rings. The van der Waals surface area contributed by atoms with E-state index in [4.69, 9.17) is 9.15 Å². The van der Waals surface area contributed by atoms with Gasteiger partial charge in [-0.15, -0.1) is 0 Å². The molecule has 9 nitrogen and oxygen atoms in total. The minimum absolute atomic E-state index is 0.00567. The maximum absolute atomic E-state index is 13.4. The quantitative estimate of drug-likeness (QED) is 0.489. The van der Waals surface area contributed by atoms with Crippen LogP contribution in [-0.2, 0) is 37.9 Å². The largest absolute Gasteiger partial charge is 0.468 e. The molecule has 0 amide bonds. The summed E-state index contributed by atoms with van der Waals surface area (Å²) in [6, 6.07) is 12.2. The summed E-state index contributed by atoms with van der Waals surface area (Å²) in [6.07, 6.45) is 4.70. The zero-order valence-electron chi connectivity index (χ0n) is 17.2. The van der Waals surface area contributed by atoms with Gasteiger partial charge in [-0.3, -0.25) is 4.98 Å². The van der Waals surface area contributed by atoms with E-state index in [9.17, 15) is 16.8 Å². The van der Waals surface area contributed by atoms with Gasteiger partial charge in [0.15, 0.2) is 0 Å². The number of rotatable bonds is 8. The predicted molar refractivity (Wildman–Crippen MR) is 115 cm³/mol. The number of hydrogen-bond acceptors (Lipinski definition) is 7. The summed E-state index contributed by atoms with van der Waals surface area (Å²) in [5.74, 6) is 0.490. The van der Waals surface area contributed by atoms with Crippen molar-refractivity contribution in [3.05, 3.63) is 78.5 Å². The molecule has 11 heteroatoms. The number of pyridine rings is 1. The van der Waals surface area contributed by atoms with Gasteiger partial charge in [-0.2, -0.15) is 8.61 Å². The SMILES string of the molecule is O=S(=O)(c1ccc(S(=O)(=O)N(Cc2cccnc2)Cc2ccco2)cc1)N1CCOCC1. The molecule has 1 aliphatic rings. The topological polar surface area (TPSA) is 110 Å². The third-order valence-electron chi connectivity index (χ3n) is 5.06. The van der Waals surface area contributed by atoms with Crippen molar-refractivity contribution in [3.8, 4) is 0 Å². The van der Waals surface area contributed by atoms with Crippen LogP contribution in [0.2, 0.25) is 0 Å². The first-order valence-corrected chi connectivity index (χ1v) is 12.8. The molecule has 1 aromatic carbocycles. The van der Waals surface area contributed by atoms with Crippen LogP contribution >= 0.6 is 0 Å². The highest BCUT2D eigenvalue weighted by atomic mass is 32.2. The van der Waals surface area contributed by atoms with Gasteiger partial charge in [-0.1, -0.05) is 6.07 Å². The van der Waals surface area contributed by atoms with Crippen LogP contribution in [0.4, 0.5) is 0 Å². The van der Waals surface area contributed by atoms with Crippen molar-refractivity contribution in [3.63, 3.8) is 0 Å². The van der Waals surface area contributed by atoms with Crippen LogP contribution in [0.15, 0.2) is 81.4 Å². The molecule has 0 radical (unpaired) electrons. The molecule has 1 saturated heterocycles. The van der Waals surface area contributed by atoms with Gasteiger partial charge in [0.25, 0.3) is 0 Å². The Balaban J connectivity index is 1.61. The van der Waals surface area contributed by atoms with E-state index in [0.29, 0.717) is 24.5 Å². The normalized spacial score (nSPS) is 15.8. The van der Waals surface area contributed by atoms with Crippen molar-refractivity contribution in [2.45, 2.75) is 22.9 Å². The number of furan rings is 1. The van der Waals surface area contributed by atoms with E-state index in [-0.39, 0.29) is 36.0 Å². The molecule has 1 aliphatic heterocycles. The molecular formula is C21H23N3O6S2. The van der Waals surface area contributed by atoms with Crippen LogP contribution in [-0.4, -0.2) is 56.7 Å². The molecule has 0 atom stereocenters. The van der Waals surface area contributed by atoms with E-state index in [2.05, 4.69) is 4.98 Å². The Hall–Kier alpha value is -2.57. The number of morpholine rings is 1. The van der Waals surface area contributed by atoms with Crippen LogP contribution in [0.5, 0.6) is 0 Å². The van der Waals surface area contributed by atoms with E-state index in [1.165, 1.54) is 39.1 Å². The van der Waals surface area contributed by atoms with Crippen molar-refractivity contribution < 1.29 is 26.0 Å². The molecule has 0 aliphatic carbocycles. The van der Waals surface area contributed by atoms with Gasteiger partial charge >= 0.3 is 0 Å². The third-order valence-corrected chi connectivity index (χ3v) is 8.78. The Labute approximate surface area is 187 Å². The second-order valence-electron chi connectivity index (χ2n) is 7.20. The second kappa shape index (κ2) is 9.51. The second-order valence-corrected chi connectivity index (χ2v) is 11.1. The van der Waals surface area contributed by atoms with Crippen LogP contribution in [0.1, 0.15) is 11.3 Å². The fourth-order valence-corrected chi connectivity index (χ4v) is 6.17. The molecule has 0 unspecified atom stereocenters. The van der Waals surface area contributed by atoms with E-state index < -0.39 is 20.0 Å². The number of nitrogens with zero attached hydrogens (tertiary/aromatic N) is 3. The zero-order valence-corrected chi connectivity index (χ0v) is 18.8. The van der Waals surface area contributed by atoms with Gasteiger partial charge < -0.3 is 9.15 Å².